The molecule has 38 heteroatoms. The first-order valence-electron chi connectivity index (χ1n) is 37.8. The molecule has 0 radical (unpaired) electrons. The maximum atomic E-state index is 13.2. The predicted octanol–water partition coefficient (Wildman–Crippen LogP) is 18.4. The number of hydrogen-bond donors (Lipinski definition) is 6. The smallest absolute Gasteiger partial charge is 1.00 e. The Morgan fingerprint density at radius 3 is 1.00 bits per heavy atom. The summed E-state index contributed by atoms with van der Waals surface area (Å²) in [5.74, 6) is 3.45. The van der Waals surface area contributed by atoms with Gasteiger partial charge in [0.25, 0.3) is 0 Å². The van der Waals surface area contributed by atoms with Crippen LogP contribution in [0.25, 0.3) is 0 Å². The number of alkyl halides is 2. The predicted molar refractivity (Wildman–Crippen MR) is 480 cm³/mol. The summed E-state index contributed by atoms with van der Waals surface area (Å²) in [6.45, 7) is 41.0. The first kappa shape index (κ1) is 109. The van der Waals surface area contributed by atoms with E-state index >= 15 is 0 Å². The summed E-state index contributed by atoms with van der Waals surface area (Å²) in [6, 6.07) is 33.0. The normalized spacial score (nSPS) is 12.8. The van der Waals surface area contributed by atoms with E-state index in [-0.39, 0.29) is 120 Å². The van der Waals surface area contributed by atoms with Crippen LogP contribution in [0.4, 0.5) is 79.3 Å². The summed E-state index contributed by atoms with van der Waals surface area (Å²) < 4.78 is 61.7. The fourth-order valence-electron chi connectivity index (χ4n) is 9.73. The number of nitrogens with zero attached hydrogens (tertiary/aromatic N) is 14. The van der Waals surface area contributed by atoms with Crippen LogP contribution in [0.15, 0.2) is 127 Å². The number of rotatable bonds is 12. The van der Waals surface area contributed by atoms with E-state index in [4.69, 9.17) is 118 Å². The first-order valence-corrected chi connectivity index (χ1v) is 41.2. The molecule has 8 heterocycles. The second-order valence-electron chi connectivity index (χ2n) is 29.2. The molecule has 0 aliphatic carbocycles. The van der Waals surface area contributed by atoms with Crippen molar-refractivity contribution in [1.29, 1.82) is 0 Å². The van der Waals surface area contributed by atoms with E-state index < -0.39 is 5.60 Å². The van der Waals surface area contributed by atoms with Gasteiger partial charge in [0.1, 0.15) is 67.4 Å². The maximum Gasteiger partial charge on any atom is 2.00 e. The molecule has 4 aromatic carbocycles. The van der Waals surface area contributed by atoms with Crippen LogP contribution < -0.4 is 54.5 Å². The van der Waals surface area contributed by atoms with Gasteiger partial charge < -0.3 is 80.2 Å². The Morgan fingerprint density at radius 2 is 0.692 bits per heavy atom. The number of ether oxygens (including phenoxy) is 2. The number of aromatic nitrogens is 10. The molecule has 7 N–H and O–H groups in total. The molecule has 0 saturated carbocycles. The number of amides is 2. The molecule has 9 aromatic rings. The van der Waals surface area contributed by atoms with Gasteiger partial charge in [0.15, 0.2) is 0 Å². The summed E-state index contributed by atoms with van der Waals surface area (Å²) in [7, 11) is 0. The van der Waals surface area contributed by atoms with Crippen LogP contribution in [0.5, 0.6) is 0 Å². The second-order valence-corrected chi connectivity index (χ2v) is 32.2. The Balaban J connectivity index is 0.000000487. The summed E-state index contributed by atoms with van der Waals surface area (Å²) in [5.41, 5.74) is 10.9. The van der Waals surface area contributed by atoms with Crippen LogP contribution in [0.2, 0.25) is 31.3 Å². The molecular weight excluding hydrogens is 1750 g/mol. The SMILES string of the molecule is CC(C)(C)OC(=O)N1CCNCC1.CC(C)c1cc(Cl)nc(Cl)n1.CC(C)c1cc(Nc2ccc(F)cc2)nc(Cl)n1.CC(C)c1cc(Nc2ccc(F)cc2)nc(N2CCN(C(=O)OC(C)(C)C)CC2)n1.CC(C)c1cc(Nc2ccc(F)cc2)nc(N2CCNCC2)n1.C[CH-]C.ClCCl.Clc1cc(Cl)nc(Cl)n1.Nc1ccc(F)cc1.[Cl-].[Mg+2]. The van der Waals surface area contributed by atoms with Gasteiger partial charge in [-0.2, -0.15) is 23.8 Å². The molecular formula is C82H107Cl9F4MgN20O4. The molecule has 0 spiro atoms. The number of halogens is 13. The third-order valence-electron chi connectivity index (χ3n) is 15.5. The second kappa shape index (κ2) is 56.4. The molecule has 3 aliphatic heterocycles. The molecule has 2 amide bonds. The number of carbonyl (C=O) groups is 2. The van der Waals surface area contributed by atoms with E-state index in [1.54, 1.807) is 52.3 Å². The van der Waals surface area contributed by atoms with E-state index in [1.807, 2.05) is 108 Å². The van der Waals surface area contributed by atoms with Gasteiger partial charge >= 0.3 is 35.2 Å². The van der Waals surface area contributed by atoms with Gasteiger partial charge in [0, 0.05) is 131 Å². The van der Waals surface area contributed by atoms with Crippen molar-refractivity contribution in [3.05, 3.63) is 211 Å². The van der Waals surface area contributed by atoms with Crippen molar-refractivity contribution in [2.24, 2.45) is 0 Å². The van der Waals surface area contributed by atoms with E-state index in [0.29, 0.717) is 66.4 Å². The molecule has 120 heavy (non-hydrogen) atoms. The molecule has 24 nitrogen and oxygen atoms in total. The fraction of sp³-hybridized carbons (Fsp3) is 0.427. The van der Waals surface area contributed by atoms with Crippen LogP contribution in [0, 0.1) is 29.7 Å². The van der Waals surface area contributed by atoms with Gasteiger partial charge in [-0.05, 0) is 203 Å². The van der Waals surface area contributed by atoms with Crippen molar-refractivity contribution < 1.29 is 49.0 Å². The summed E-state index contributed by atoms with van der Waals surface area (Å²) in [5, 5.41) is 17.6. The van der Waals surface area contributed by atoms with Gasteiger partial charge in [-0.3, -0.25) is 0 Å². The van der Waals surface area contributed by atoms with Crippen LogP contribution in [-0.2, 0) is 9.47 Å². The topological polar surface area (TPSA) is 281 Å². The van der Waals surface area contributed by atoms with Gasteiger partial charge in [-0.25, -0.2) is 67.0 Å². The van der Waals surface area contributed by atoms with Gasteiger partial charge in [0.2, 0.25) is 27.7 Å². The van der Waals surface area contributed by atoms with E-state index in [9.17, 15) is 27.2 Å². The quantitative estimate of drug-likeness (QED) is 0.0126. The van der Waals surface area contributed by atoms with Crippen molar-refractivity contribution in [3.63, 3.8) is 0 Å². The zero-order valence-corrected chi connectivity index (χ0v) is 78.5. The molecule has 12 rings (SSSR count). The van der Waals surface area contributed by atoms with E-state index in [0.717, 1.165) is 104 Å². The van der Waals surface area contributed by atoms with Crippen molar-refractivity contribution >= 4 is 180 Å². The zero-order valence-electron chi connectivity index (χ0n) is 70.3. The van der Waals surface area contributed by atoms with Crippen molar-refractivity contribution in [1.82, 2.24) is 70.3 Å². The Labute approximate surface area is 765 Å². The number of nitrogens with two attached hydrogens (primary N) is 1. The van der Waals surface area contributed by atoms with E-state index in [2.05, 4.69) is 104 Å². The van der Waals surface area contributed by atoms with Crippen molar-refractivity contribution in [3.8, 4) is 0 Å². The number of hydrogen-bond acceptors (Lipinski definition) is 22. The fourth-order valence-corrected chi connectivity index (χ4v) is 11.0. The monoisotopic (exact) mass is 1850 g/mol. The number of piperazine rings is 3. The standard InChI is InChI=1S/C22H30FN5O2.C17H22FN5.C13H13ClFN3.C9H18N2O2.C7H8Cl2N2.C6H6FN.C4HCl3N2.C3H7.CH2Cl2.ClH.Mg/c1-15(2)18-14-19(24-17-8-6-16(23)7-9-17)26-20(25-18)27-10-12-28(13-11-27)21(29)30-22(3,4)5;1-12(2)15-11-16(20-14-5-3-13(18)4-6-14)22-17(21-15)23-9-7-19-8-10-23;1-8(2)11-7-12(18-13(14)17-11)16-10-5-3-9(15)4-6-10;1-9(2,3)13-8(12)11-6-4-10-5-7-11;1-4(2)5-3-6(8)11-7(9)10-5;7-5-1-3-6(8)4-2-5;5-2-1-3(6)9-4(7)8-2;1-3-2;2-1-3;;/h6-9,14-15H,10-13H2,1-5H3,(H,24,25,26);3-6,11-12,19H,7-10H2,1-2H3,(H,20,21,22);3-8H,1-2H3,(H,16,17,18);10H,4-7H2,1-3H3;3-4H,1-2H3;1-4H,8H2;1H;3H,1-2H3;1H2;1H;/q;;;;;;;-1;;;+2/p-1. The number of nitrogen functional groups attached to an aromatic ring is 1. The third kappa shape index (κ3) is 44.6. The summed E-state index contributed by atoms with van der Waals surface area (Å²) >= 11 is 42.9. The largest absolute Gasteiger partial charge is 2.00 e. The zero-order chi connectivity index (χ0) is 87.8. The molecule has 0 unspecified atom stereocenters. The number of benzene rings is 4. The van der Waals surface area contributed by atoms with Gasteiger partial charge in [-0.15, -0.1) is 23.2 Å². The molecule has 3 fully saturated rings. The minimum absolute atomic E-state index is 0. The minimum atomic E-state index is -0.510. The number of nitrogens with one attached hydrogen (secondary N) is 5. The number of anilines is 9. The average Bonchev–Trinajstić information content (AvgIpc) is 0.811. The van der Waals surface area contributed by atoms with Crippen molar-refractivity contribution in [2.75, 3.05) is 115 Å². The van der Waals surface area contributed by atoms with Crippen LogP contribution in [0.3, 0.4) is 0 Å². The molecule has 3 saturated heterocycles. The molecule has 3 aliphatic rings. The molecule has 0 bridgehead atoms. The average molecular weight is 1860 g/mol. The van der Waals surface area contributed by atoms with Crippen LogP contribution in [-0.4, -0.2) is 190 Å². The Kier molecular flexibility index (Phi) is 51.1. The van der Waals surface area contributed by atoms with Crippen molar-refractivity contribution in [2.45, 2.75) is 146 Å². The minimum Gasteiger partial charge on any atom is -1.00 e. The van der Waals surface area contributed by atoms with Crippen LogP contribution >= 0.6 is 92.8 Å². The van der Waals surface area contributed by atoms with Gasteiger partial charge in [0.05, 0.1) is 22.4 Å². The first-order chi connectivity index (χ1) is 55.6. The summed E-state index contributed by atoms with van der Waals surface area (Å²) in [4.78, 5) is 73.3. The van der Waals surface area contributed by atoms with Crippen LogP contribution in [0.1, 0.15) is 157 Å². The Bertz CT molecular complexity index is 4350. The van der Waals surface area contributed by atoms with Gasteiger partial charge in [-0.1, -0.05) is 90.2 Å². The molecule has 652 valence electrons. The summed E-state index contributed by atoms with van der Waals surface area (Å²) in [6.07, 6.45) is 1.51. The maximum absolute atomic E-state index is 13.2. The molecule has 5 aromatic heterocycles. The number of carbonyl (C=O) groups excluding carboxylic acids is 2. The Morgan fingerprint density at radius 1 is 0.425 bits per heavy atom. The molecule has 0 atom stereocenters. The Hall–Kier alpha value is -7.36. The third-order valence-corrected chi connectivity index (χ3v) is 16.6. The van der Waals surface area contributed by atoms with E-state index in [1.165, 1.54) is 66.7 Å².